The molecule has 1 atom stereocenters. The summed E-state index contributed by atoms with van der Waals surface area (Å²) in [7, 11) is 2.03. The summed E-state index contributed by atoms with van der Waals surface area (Å²) in [6, 6.07) is 0.184. The number of hydrogen-bond acceptors (Lipinski definition) is 6. The summed E-state index contributed by atoms with van der Waals surface area (Å²) in [6.45, 7) is 1.87. The van der Waals surface area contributed by atoms with Crippen LogP contribution in [0.1, 0.15) is 16.9 Å². The van der Waals surface area contributed by atoms with E-state index in [1.807, 2.05) is 7.05 Å². The van der Waals surface area contributed by atoms with E-state index in [0.29, 0.717) is 5.82 Å². The van der Waals surface area contributed by atoms with Crippen molar-refractivity contribution < 1.29 is 4.79 Å². The van der Waals surface area contributed by atoms with Crippen molar-refractivity contribution in [2.75, 3.05) is 25.6 Å². The van der Waals surface area contributed by atoms with Gasteiger partial charge in [0.05, 0.1) is 12.4 Å². The number of nitrogens with zero attached hydrogens (tertiary/aromatic N) is 3. The number of nitrogens with two attached hydrogens (primary N) is 1. The number of carbonyl (C=O) groups is 1. The molecule has 0 saturated carbocycles. The Morgan fingerprint density at radius 2 is 2.41 bits per heavy atom. The molecule has 1 amide bonds. The maximum Gasteiger partial charge on any atom is 0.271 e. The van der Waals surface area contributed by atoms with Crippen LogP contribution in [0.15, 0.2) is 12.4 Å². The summed E-state index contributed by atoms with van der Waals surface area (Å²) in [5.74, 6) is 5.37. The normalized spacial score (nSPS) is 20.2. The lowest BCUT2D eigenvalue weighted by Crippen LogP contribution is -2.37. The van der Waals surface area contributed by atoms with Crippen molar-refractivity contribution in [3.8, 4) is 0 Å². The number of amides is 1. The van der Waals surface area contributed by atoms with E-state index in [-0.39, 0.29) is 17.6 Å². The van der Waals surface area contributed by atoms with Crippen molar-refractivity contribution >= 4 is 11.7 Å². The molecule has 1 unspecified atom stereocenters. The summed E-state index contributed by atoms with van der Waals surface area (Å²) >= 11 is 0. The van der Waals surface area contributed by atoms with Crippen LogP contribution in [-0.4, -0.2) is 47.0 Å². The quantitative estimate of drug-likeness (QED) is 0.469. The first-order valence-corrected chi connectivity index (χ1v) is 5.47. The van der Waals surface area contributed by atoms with E-state index in [2.05, 4.69) is 25.6 Å². The Bertz CT molecular complexity index is 410. The van der Waals surface area contributed by atoms with Crippen LogP contribution in [0.4, 0.5) is 5.82 Å². The second-order valence-corrected chi connectivity index (χ2v) is 4.16. The number of likely N-dealkylation sites (tertiary alicyclic amines) is 1. The zero-order chi connectivity index (χ0) is 12.3. The van der Waals surface area contributed by atoms with Gasteiger partial charge in [-0.25, -0.2) is 10.8 Å². The van der Waals surface area contributed by atoms with Crippen LogP contribution >= 0.6 is 0 Å². The second-order valence-electron chi connectivity index (χ2n) is 4.16. The van der Waals surface area contributed by atoms with Crippen LogP contribution in [0.25, 0.3) is 0 Å². The maximum atomic E-state index is 11.9. The summed E-state index contributed by atoms with van der Waals surface area (Å²) in [5, 5.41) is 2.93. The molecular formula is C10H16N6O. The molecule has 1 fully saturated rings. The Morgan fingerprint density at radius 1 is 1.59 bits per heavy atom. The van der Waals surface area contributed by atoms with Crippen molar-refractivity contribution in [2.45, 2.75) is 12.5 Å². The van der Waals surface area contributed by atoms with Crippen LogP contribution in [0.2, 0.25) is 0 Å². The number of nitrogens with one attached hydrogen (secondary N) is 2. The third-order valence-electron chi connectivity index (χ3n) is 2.74. The topological polar surface area (TPSA) is 96.2 Å². The summed E-state index contributed by atoms with van der Waals surface area (Å²) in [5.41, 5.74) is 2.63. The molecule has 1 aliphatic rings. The largest absolute Gasteiger partial charge is 0.347 e. The van der Waals surface area contributed by atoms with Crippen LogP contribution in [0, 0.1) is 0 Å². The molecule has 0 radical (unpaired) electrons. The molecule has 1 saturated heterocycles. The zero-order valence-electron chi connectivity index (χ0n) is 9.68. The predicted molar refractivity (Wildman–Crippen MR) is 63.2 cm³/mol. The first kappa shape index (κ1) is 11.7. The Balaban J connectivity index is 1.99. The molecule has 2 heterocycles. The lowest BCUT2D eigenvalue weighted by molar-refractivity contribution is 0.0933. The van der Waals surface area contributed by atoms with Gasteiger partial charge in [-0.15, -0.1) is 0 Å². The van der Waals surface area contributed by atoms with Crippen molar-refractivity contribution in [3.63, 3.8) is 0 Å². The zero-order valence-corrected chi connectivity index (χ0v) is 9.68. The van der Waals surface area contributed by atoms with Gasteiger partial charge in [0, 0.05) is 12.6 Å². The predicted octanol–water partition coefficient (Wildman–Crippen LogP) is -0.804. The number of aromatic nitrogens is 2. The number of hydrazine groups is 1. The van der Waals surface area contributed by atoms with E-state index in [1.165, 1.54) is 12.4 Å². The minimum atomic E-state index is -0.213. The fourth-order valence-corrected chi connectivity index (χ4v) is 1.86. The lowest BCUT2D eigenvalue weighted by Gasteiger charge is -2.12. The third kappa shape index (κ3) is 2.89. The molecule has 0 spiro atoms. The minimum absolute atomic E-state index is 0.184. The monoisotopic (exact) mass is 236 g/mol. The number of carbonyl (C=O) groups excluding carboxylic acids is 1. The first-order chi connectivity index (χ1) is 8.19. The Hall–Kier alpha value is -1.73. The van der Waals surface area contributed by atoms with E-state index in [4.69, 9.17) is 5.84 Å². The highest BCUT2D eigenvalue weighted by Gasteiger charge is 2.22. The van der Waals surface area contributed by atoms with Gasteiger partial charge < -0.3 is 15.6 Å². The van der Waals surface area contributed by atoms with E-state index >= 15 is 0 Å². The smallest absolute Gasteiger partial charge is 0.271 e. The molecule has 0 aliphatic carbocycles. The Labute approximate surface area is 99.4 Å². The maximum absolute atomic E-state index is 11.9. The molecule has 17 heavy (non-hydrogen) atoms. The molecule has 2 rings (SSSR count). The van der Waals surface area contributed by atoms with Crippen molar-refractivity contribution in [1.29, 1.82) is 0 Å². The lowest BCUT2D eigenvalue weighted by atomic mass is 10.2. The van der Waals surface area contributed by atoms with Crippen LogP contribution in [-0.2, 0) is 0 Å². The van der Waals surface area contributed by atoms with Gasteiger partial charge in [-0.05, 0) is 20.0 Å². The van der Waals surface area contributed by atoms with Gasteiger partial charge in [0.2, 0.25) is 0 Å². The number of nitrogen functional groups attached to an aromatic ring is 1. The van der Waals surface area contributed by atoms with Crippen LogP contribution in [0.3, 0.4) is 0 Å². The molecule has 4 N–H and O–H groups in total. The van der Waals surface area contributed by atoms with Crippen molar-refractivity contribution in [2.24, 2.45) is 5.84 Å². The van der Waals surface area contributed by atoms with Gasteiger partial charge in [-0.1, -0.05) is 0 Å². The van der Waals surface area contributed by atoms with E-state index < -0.39 is 0 Å². The highest BCUT2D eigenvalue weighted by Crippen LogP contribution is 2.07. The van der Waals surface area contributed by atoms with Crippen molar-refractivity contribution in [3.05, 3.63) is 18.1 Å². The summed E-state index contributed by atoms with van der Waals surface area (Å²) in [6.07, 6.45) is 3.85. The standard InChI is InChI=1S/C10H16N6O/c1-16-3-2-7(6-16)13-10(17)8-4-12-5-9(14-8)15-11/h4-5,7H,2-3,6,11H2,1H3,(H,13,17)(H,14,15). The van der Waals surface area contributed by atoms with Crippen molar-refractivity contribution in [1.82, 2.24) is 20.2 Å². The average molecular weight is 236 g/mol. The van der Waals surface area contributed by atoms with Gasteiger partial charge in [-0.3, -0.25) is 9.78 Å². The first-order valence-electron chi connectivity index (χ1n) is 5.47. The van der Waals surface area contributed by atoms with E-state index in [0.717, 1.165) is 19.5 Å². The number of rotatable bonds is 3. The molecule has 1 aliphatic heterocycles. The molecule has 0 aromatic carbocycles. The number of anilines is 1. The Kier molecular flexibility index (Phi) is 3.50. The highest BCUT2D eigenvalue weighted by molar-refractivity contribution is 5.92. The van der Waals surface area contributed by atoms with Gasteiger partial charge in [-0.2, -0.15) is 0 Å². The molecule has 1 aromatic rings. The molecule has 0 bridgehead atoms. The van der Waals surface area contributed by atoms with Gasteiger partial charge in [0.1, 0.15) is 5.69 Å². The molecular weight excluding hydrogens is 220 g/mol. The fourth-order valence-electron chi connectivity index (χ4n) is 1.86. The molecule has 7 nitrogen and oxygen atoms in total. The van der Waals surface area contributed by atoms with Crippen LogP contribution in [0.5, 0.6) is 0 Å². The number of hydrogen-bond donors (Lipinski definition) is 3. The minimum Gasteiger partial charge on any atom is -0.347 e. The van der Waals surface area contributed by atoms with Gasteiger partial charge in [0.15, 0.2) is 5.82 Å². The molecule has 7 heteroatoms. The summed E-state index contributed by atoms with van der Waals surface area (Å²) in [4.78, 5) is 22.0. The number of likely N-dealkylation sites (N-methyl/N-ethyl adjacent to an activating group) is 1. The highest BCUT2D eigenvalue weighted by atomic mass is 16.2. The average Bonchev–Trinajstić information content (AvgIpc) is 2.75. The Morgan fingerprint density at radius 3 is 3.06 bits per heavy atom. The molecule has 92 valence electrons. The third-order valence-corrected chi connectivity index (χ3v) is 2.74. The molecule has 1 aromatic heterocycles. The van der Waals surface area contributed by atoms with E-state index in [9.17, 15) is 4.79 Å². The van der Waals surface area contributed by atoms with E-state index in [1.54, 1.807) is 0 Å². The summed E-state index contributed by atoms with van der Waals surface area (Å²) < 4.78 is 0. The van der Waals surface area contributed by atoms with Gasteiger partial charge >= 0.3 is 0 Å². The fraction of sp³-hybridized carbons (Fsp3) is 0.500. The second kappa shape index (κ2) is 5.07. The van der Waals surface area contributed by atoms with Gasteiger partial charge in [0.25, 0.3) is 5.91 Å². The van der Waals surface area contributed by atoms with Crippen LogP contribution < -0.4 is 16.6 Å². The SMILES string of the molecule is CN1CCC(NC(=O)c2cncc(NN)n2)C1.